The molecule has 8 heteroatoms. The monoisotopic (exact) mass is 412 g/mol. The van der Waals surface area contributed by atoms with Crippen molar-refractivity contribution >= 4 is 33.3 Å². The van der Waals surface area contributed by atoms with Gasteiger partial charge in [-0.3, -0.25) is 9.59 Å². The highest BCUT2D eigenvalue weighted by molar-refractivity contribution is 7.91. The molecule has 2 fully saturated rings. The van der Waals surface area contributed by atoms with Gasteiger partial charge in [-0.2, -0.15) is 0 Å². The van der Waals surface area contributed by atoms with Crippen LogP contribution in [0.4, 0.5) is 0 Å². The van der Waals surface area contributed by atoms with Gasteiger partial charge < -0.3 is 10.6 Å². The summed E-state index contributed by atoms with van der Waals surface area (Å²) < 4.78 is 22.9. The van der Waals surface area contributed by atoms with Gasteiger partial charge >= 0.3 is 0 Å². The number of carbonyl (C=O) groups excluding carboxylic acids is 2. The summed E-state index contributed by atoms with van der Waals surface area (Å²) in [5, 5.41) is 6.24. The molecule has 2 aliphatic rings. The van der Waals surface area contributed by atoms with Crippen molar-refractivity contribution in [1.82, 2.24) is 10.6 Å². The first kappa shape index (κ1) is 20.1. The Balaban J connectivity index is 1.54. The average molecular weight is 413 g/mol. The highest BCUT2D eigenvalue weighted by Gasteiger charge is 2.42. The van der Waals surface area contributed by atoms with Gasteiger partial charge in [-0.25, -0.2) is 8.42 Å². The Morgan fingerprint density at radius 3 is 2.59 bits per heavy atom. The van der Waals surface area contributed by atoms with Gasteiger partial charge in [0.2, 0.25) is 11.8 Å². The fraction of sp³-hybridized carbons (Fsp3) is 0.579. The molecule has 0 bridgehead atoms. The molecule has 3 rings (SSSR count). The van der Waals surface area contributed by atoms with Crippen LogP contribution in [-0.4, -0.2) is 44.3 Å². The maximum atomic E-state index is 12.9. The Labute approximate surface area is 165 Å². The summed E-state index contributed by atoms with van der Waals surface area (Å²) in [5.41, 5.74) is 0.339. The van der Waals surface area contributed by atoms with Crippen molar-refractivity contribution in [2.24, 2.45) is 0 Å². The lowest BCUT2D eigenvalue weighted by Crippen LogP contribution is -2.44. The largest absolute Gasteiger partial charge is 0.355 e. The van der Waals surface area contributed by atoms with Crippen molar-refractivity contribution < 1.29 is 18.0 Å². The predicted molar refractivity (Wildman–Crippen MR) is 104 cm³/mol. The summed E-state index contributed by atoms with van der Waals surface area (Å²) in [6, 6.07) is 7.11. The lowest BCUT2D eigenvalue weighted by atomic mass is 9.78. The minimum Gasteiger partial charge on any atom is -0.355 e. The molecule has 27 heavy (non-hydrogen) atoms. The van der Waals surface area contributed by atoms with Gasteiger partial charge in [0.1, 0.15) is 0 Å². The number of halogens is 1. The third-order valence-corrected chi connectivity index (χ3v) is 7.51. The van der Waals surface area contributed by atoms with Crippen molar-refractivity contribution in [2.75, 3.05) is 18.1 Å². The Kier molecular flexibility index (Phi) is 6.11. The Bertz CT molecular complexity index is 819. The summed E-state index contributed by atoms with van der Waals surface area (Å²) in [4.78, 5) is 25.0. The van der Waals surface area contributed by atoms with E-state index in [4.69, 9.17) is 11.6 Å². The Morgan fingerprint density at radius 2 is 1.96 bits per heavy atom. The lowest BCUT2D eigenvalue weighted by molar-refractivity contribution is -0.127. The zero-order valence-corrected chi connectivity index (χ0v) is 16.7. The fourth-order valence-corrected chi connectivity index (χ4v) is 5.94. The van der Waals surface area contributed by atoms with Crippen LogP contribution in [0.15, 0.2) is 24.3 Å². The minimum atomic E-state index is -3.02. The zero-order valence-electron chi connectivity index (χ0n) is 15.2. The van der Waals surface area contributed by atoms with E-state index >= 15 is 0 Å². The van der Waals surface area contributed by atoms with E-state index in [1.807, 2.05) is 18.2 Å². The number of amides is 2. The number of carbonyl (C=O) groups is 2. The second kappa shape index (κ2) is 8.19. The topological polar surface area (TPSA) is 92.3 Å². The minimum absolute atomic E-state index is 0.00295. The molecule has 1 aliphatic heterocycles. The van der Waals surface area contributed by atoms with Gasteiger partial charge in [0.25, 0.3) is 0 Å². The summed E-state index contributed by atoms with van der Waals surface area (Å²) in [6.45, 7) is 0.229. The van der Waals surface area contributed by atoms with Crippen LogP contribution >= 0.6 is 11.6 Å². The molecule has 0 spiro atoms. The molecule has 1 heterocycles. The SMILES string of the molecule is O=C(CCNC(=O)C1(c2cccc(Cl)c2)CCCC1)N[C@H]1CCS(=O)(=O)C1. The summed E-state index contributed by atoms with van der Waals surface area (Å²) >= 11 is 6.11. The van der Waals surface area contributed by atoms with Crippen molar-refractivity contribution in [1.29, 1.82) is 0 Å². The van der Waals surface area contributed by atoms with Crippen LogP contribution in [0.25, 0.3) is 0 Å². The third-order valence-electron chi connectivity index (χ3n) is 5.50. The maximum Gasteiger partial charge on any atom is 0.230 e. The molecule has 0 radical (unpaired) electrons. The molecule has 148 valence electrons. The number of hydrogen-bond donors (Lipinski definition) is 2. The number of benzene rings is 1. The van der Waals surface area contributed by atoms with Gasteiger partial charge in [-0.05, 0) is 37.0 Å². The molecule has 1 aromatic carbocycles. The molecule has 2 N–H and O–H groups in total. The summed E-state index contributed by atoms with van der Waals surface area (Å²) in [5.74, 6) is -0.182. The number of hydrogen-bond acceptors (Lipinski definition) is 4. The predicted octanol–water partition coefficient (Wildman–Crippen LogP) is 1.96. The van der Waals surface area contributed by atoms with E-state index in [-0.39, 0.29) is 42.3 Å². The molecule has 1 atom stereocenters. The van der Waals surface area contributed by atoms with Gasteiger partial charge in [0, 0.05) is 24.0 Å². The lowest BCUT2D eigenvalue weighted by Gasteiger charge is -2.28. The molecule has 2 amide bonds. The molecule has 6 nitrogen and oxygen atoms in total. The molecule has 0 aromatic heterocycles. The van der Waals surface area contributed by atoms with Crippen LogP contribution < -0.4 is 10.6 Å². The average Bonchev–Trinajstić information content (AvgIpc) is 3.22. The van der Waals surface area contributed by atoms with Crippen molar-refractivity contribution in [2.45, 2.75) is 50.0 Å². The normalized spacial score (nSPS) is 23.1. The van der Waals surface area contributed by atoms with Crippen LogP contribution in [0.2, 0.25) is 5.02 Å². The number of sulfone groups is 1. The van der Waals surface area contributed by atoms with Gasteiger partial charge in [0.05, 0.1) is 16.9 Å². The highest BCUT2D eigenvalue weighted by atomic mass is 35.5. The van der Waals surface area contributed by atoms with E-state index in [0.717, 1.165) is 31.2 Å². The molecular formula is C19H25ClN2O4S. The first-order valence-electron chi connectivity index (χ1n) is 9.35. The quantitative estimate of drug-likeness (QED) is 0.747. The van der Waals surface area contributed by atoms with Gasteiger partial charge in [-0.1, -0.05) is 36.6 Å². The second-order valence-corrected chi connectivity index (χ2v) is 10.1. The van der Waals surface area contributed by atoms with Crippen LogP contribution in [0, 0.1) is 0 Å². The van der Waals surface area contributed by atoms with Gasteiger partial charge in [-0.15, -0.1) is 0 Å². The molecule has 0 unspecified atom stereocenters. The first-order chi connectivity index (χ1) is 12.8. The van der Waals surface area contributed by atoms with E-state index in [9.17, 15) is 18.0 Å². The molecule has 1 aliphatic carbocycles. The Morgan fingerprint density at radius 1 is 1.22 bits per heavy atom. The smallest absolute Gasteiger partial charge is 0.230 e. The van der Waals surface area contributed by atoms with Crippen LogP contribution in [-0.2, 0) is 24.8 Å². The van der Waals surface area contributed by atoms with Crippen LogP contribution in [0.1, 0.15) is 44.1 Å². The molecule has 1 saturated carbocycles. The van der Waals surface area contributed by atoms with Crippen molar-refractivity contribution in [3.8, 4) is 0 Å². The van der Waals surface area contributed by atoms with E-state index in [1.165, 1.54) is 0 Å². The molecular weight excluding hydrogens is 388 g/mol. The Hall–Kier alpha value is -1.60. The van der Waals surface area contributed by atoms with Crippen LogP contribution in [0.5, 0.6) is 0 Å². The molecule has 1 saturated heterocycles. The van der Waals surface area contributed by atoms with Crippen molar-refractivity contribution in [3.05, 3.63) is 34.9 Å². The van der Waals surface area contributed by atoms with E-state index in [0.29, 0.717) is 11.4 Å². The zero-order chi connectivity index (χ0) is 19.5. The standard InChI is InChI=1S/C19H25ClN2O4S/c20-15-5-3-4-14(12-15)19(8-1-2-9-19)18(24)21-10-6-17(23)22-16-7-11-27(25,26)13-16/h3-5,12,16H,1-2,6-11,13H2,(H,21,24)(H,22,23)/t16-/m0/s1. The third kappa shape index (κ3) is 4.82. The van der Waals surface area contributed by atoms with E-state index in [1.54, 1.807) is 6.07 Å². The summed E-state index contributed by atoms with van der Waals surface area (Å²) in [7, 11) is -3.02. The number of nitrogens with one attached hydrogen (secondary N) is 2. The molecule has 1 aromatic rings. The summed E-state index contributed by atoms with van der Waals surface area (Å²) in [6.07, 6.45) is 4.09. The van der Waals surface area contributed by atoms with Crippen LogP contribution in [0.3, 0.4) is 0 Å². The number of rotatable bonds is 6. The van der Waals surface area contributed by atoms with Gasteiger partial charge in [0.15, 0.2) is 9.84 Å². The van der Waals surface area contributed by atoms with Crippen molar-refractivity contribution in [3.63, 3.8) is 0 Å². The maximum absolute atomic E-state index is 12.9. The fourth-order valence-electron chi connectivity index (χ4n) is 4.08. The first-order valence-corrected chi connectivity index (χ1v) is 11.5. The second-order valence-electron chi connectivity index (χ2n) is 7.47. The van der Waals surface area contributed by atoms with E-state index in [2.05, 4.69) is 10.6 Å². The van der Waals surface area contributed by atoms with E-state index < -0.39 is 15.3 Å². The highest BCUT2D eigenvalue weighted by Crippen LogP contribution is 2.42.